The van der Waals surface area contributed by atoms with Crippen molar-refractivity contribution in [3.05, 3.63) is 0 Å². The van der Waals surface area contributed by atoms with Crippen LogP contribution >= 0.6 is 0 Å². The molecule has 1 saturated heterocycles. The quantitative estimate of drug-likeness (QED) is 0.652. The molecule has 1 heterocycles. The number of carboxylic acid groups (broad SMARTS) is 1. The summed E-state index contributed by atoms with van der Waals surface area (Å²) in [5.74, 6) is -1.76. The summed E-state index contributed by atoms with van der Waals surface area (Å²) in [6, 6.07) is -1.11. The summed E-state index contributed by atoms with van der Waals surface area (Å²) in [7, 11) is -3.96. The van der Waals surface area contributed by atoms with Crippen LogP contribution in [0.3, 0.4) is 0 Å². The lowest BCUT2D eigenvalue weighted by molar-refractivity contribution is -0.146. The van der Waals surface area contributed by atoms with Crippen LogP contribution in [0.4, 0.5) is 0 Å². The number of hydrogen-bond donors (Lipinski definition) is 1. The van der Waals surface area contributed by atoms with Crippen molar-refractivity contribution in [2.75, 3.05) is 19.7 Å². The van der Waals surface area contributed by atoms with Gasteiger partial charge in [-0.1, -0.05) is 0 Å². The Balaban J connectivity index is 2.19. The largest absolute Gasteiger partial charge is 0.480 e. The van der Waals surface area contributed by atoms with Gasteiger partial charge in [0.05, 0.1) is 6.61 Å². The van der Waals surface area contributed by atoms with E-state index >= 15 is 0 Å². The Morgan fingerprint density at radius 2 is 2.00 bits per heavy atom. The number of nitrogens with zero attached hydrogens (tertiary/aromatic N) is 2. The molecule has 0 bridgehead atoms. The van der Waals surface area contributed by atoms with Crippen molar-refractivity contribution in [2.45, 2.75) is 44.7 Å². The molecule has 8 nitrogen and oxygen atoms in total. The van der Waals surface area contributed by atoms with Gasteiger partial charge < -0.3 is 9.84 Å². The molecule has 2 aliphatic rings. The maximum Gasteiger partial charge on any atom is 0.324 e. The highest BCUT2D eigenvalue weighted by molar-refractivity contribution is 7.86. The fourth-order valence-electron chi connectivity index (χ4n) is 2.52. The van der Waals surface area contributed by atoms with E-state index in [1.54, 1.807) is 6.92 Å². The summed E-state index contributed by atoms with van der Waals surface area (Å²) >= 11 is 0. The van der Waals surface area contributed by atoms with E-state index in [0.29, 0.717) is 25.7 Å². The zero-order chi connectivity index (χ0) is 15.6. The number of esters is 1. The zero-order valence-electron chi connectivity index (χ0n) is 11.9. The smallest absolute Gasteiger partial charge is 0.324 e. The molecule has 21 heavy (non-hydrogen) atoms. The number of carboxylic acids is 1. The van der Waals surface area contributed by atoms with Gasteiger partial charge in [0.1, 0.15) is 12.6 Å². The molecule has 0 amide bonds. The average molecular weight is 320 g/mol. The average Bonchev–Trinajstić information content (AvgIpc) is 3.10. The van der Waals surface area contributed by atoms with Gasteiger partial charge in [-0.15, -0.1) is 0 Å². The van der Waals surface area contributed by atoms with Crippen LogP contribution in [0.1, 0.15) is 32.6 Å². The van der Waals surface area contributed by atoms with Crippen LogP contribution in [-0.4, -0.2) is 65.9 Å². The number of carbonyl (C=O) groups is 2. The second kappa shape index (κ2) is 6.29. The third kappa shape index (κ3) is 3.53. The van der Waals surface area contributed by atoms with Gasteiger partial charge in [-0.2, -0.15) is 17.0 Å². The maximum atomic E-state index is 12.6. The van der Waals surface area contributed by atoms with Crippen molar-refractivity contribution in [1.29, 1.82) is 0 Å². The number of hydrogen-bond acceptors (Lipinski definition) is 5. The van der Waals surface area contributed by atoms with E-state index in [1.807, 2.05) is 0 Å². The van der Waals surface area contributed by atoms with Crippen LogP contribution < -0.4 is 0 Å². The third-order valence-corrected chi connectivity index (χ3v) is 5.65. The fourth-order valence-corrected chi connectivity index (χ4v) is 4.52. The molecule has 2 rings (SSSR count). The van der Waals surface area contributed by atoms with Gasteiger partial charge in [-0.3, -0.25) is 9.59 Å². The van der Waals surface area contributed by atoms with Gasteiger partial charge in [0.15, 0.2) is 0 Å². The normalized spacial score (nSPS) is 23.4. The van der Waals surface area contributed by atoms with Crippen molar-refractivity contribution < 1.29 is 27.9 Å². The van der Waals surface area contributed by atoms with E-state index in [9.17, 15) is 18.0 Å². The van der Waals surface area contributed by atoms with Gasteiger partial charge in [-0.05, 0) is 32.6 Å². The van der Waals surface area contributed by atoms with Crippen molar-refractivity contribution in [3.8, 4) is 0 Å². The van der Waals surface area contributed by atoms with Crippen molar-refractivity contribution in [2.24, 2.45) is 0 Å². The molecule has 9 heteroatoms. The van der Waals surface area contributed by atoms with E-state index < -0.39 is 34.7 Å². The number of ether oxygens (including phenoxy) is 1. The lowest BCUT2D eigenvalue weighted by Crippen LogP contribution is -2.50. The van der Waals surface area contributed by atoms with Gasteiger partial charge in [0.2, 0.25) is 0 Å². The minimum atomic E-state index is -3.96. The molecule has 120 valence electrons. The van der Waals surface area contributed by atoms with Gasteiger partial charge in [0, 0.05) is 12.6 Å². The SMILES string of the molecule is CCOC(=O)C1CCCN1S(=O)(=O)N(CC(=O)O)C1CC1. The maximum absolute atomic E-state index is 12.6. The Labute approximate surface area is 123 Å². The second-order valence-corrected chi connectivity index (χ2v) is 7.03. The Bertz CT molecular complexity index is 516. The number of rotatable bonds is 7. The van der Waals surface area contributed by atoms with Crippen LogP contribution in [0.15, 0.2) is 0 Å². The molecular weight excluding hydrogens is 300 g/mol. The zero-order valence-corrected chi connectivity index (χ0v) is 12.7. The lowest BCUT2D eigenvalue weighted by atomic mass is 10.2. The molecule has 1 aliphatic heterocycles. The van der Waals surface area contributed by atoms with E-state index in [2.05, 4.69) is 0 Å². The van der Waals surface area contributed by atoms with E-state index in [4.69, 9.17) is 9.84 Å². The summed E-state index contributed by atoms with van der Waals surface area (Å²) < 4.78 is 32.3. The van der Waals surface area contributed by atoms with E-state index in [0.717, 1.165) is 8.61 Å². The molecule has 0 aromatic rings. The van der Waals surface area contributed by atoms with Crippen molar-refractivity contribution >= 4 is 22.1 Å². The topological polar surface area (TPSA) is 104 Å². The first kappa shape index (κ1) is 16.2. The highest BCUT2D eigenvalue weighted by atomic mass is 32.2. The summed E-state index contributed by atoms with van der Waals surface area (Å²) in [6.07, 6.45) is 2.28. The molecule has 1 saturated carbocycles. The molecule has 0 radical (unpaired) electrons. The second-order valence-electron chi connectivity index (χ2n) is 5.20. The minimum absolute atomic E-state index is 0.185. The number of carbonyl (C=O) groups excluding carboxylic acids is 1. The molecule has 2 fully saturated rings. The lowest BCUT2D eigenvalue weighted by Gasteiger charge is -2.29. The molecule has 1 atom stereocenters. The monoisotopic (exact) mass is 320 g/mol. The van der Waals surface area contributed by atoms with Crippen LogP contribution in [-0.2, 0) is 24.5 Å². The Morgan fingerprint density at radius 3 is 2.52 bits per heavy atom. The first-order chi connectivity index (χ1) is 9.87. The third-order valence-electron chi connectivity index (χ3n) is 3.60. The fraction of sp³-hybridized carbons (Fsp3) is 0.833. The predicted octanol–water partition coefficient (Wildman–Crippen LogP) is -0.192. The Hall–Kier alpha value is -1.19. The Morgan fingerprint density at radius 1 is 1.33 bits per heavy atom. The van der Waals surface area contributed by atoms with E-state index in [-0.39, 0.29) is 19.2 Å². The van der Waals surface area contributed by atoms with Crippen LogP contribution in [0.5, 0.6) is 0 Å². The van der Waals surface area contributed by atoms with Crippen LogP contribution in [0, 0.1) is 0 Å². The molecule has 1 N–H and O–H groups in total. The molecule has 0 aromatic carbocycles. The van der Waals surface area contributed by atoms with Gasteiger partial charge in [-0.25, -0.2) is 0 Å². The van der Waals surface area contributed by atoms with Crippen LogP contribution in [0.25, 0.3) is 0 Å². The summed E-state index contributed by atoms with van der Waals surface area (Å²) in [5.41, 5.74) is 0. The Kier molecular flexibility index (Phi) is 4.84. The first-order valence-corrected chi connectivity index (χ1v) is 8.44. The summed E-state index contributed by atoms with van der Waals surface area (Å²) in [6.45, 7) is 1.49. The molecule has 1 unspecified atom stereocenters. The molecule has 1 aliphatic carbocycles. The van der Waals surface area contributed by atoms with Gasteiger partial charge >= 0.3 is 11.9 Å². The van der Waals surface area contributed by atoms with E-state index in [1.165, 1.54) is 0 Å². The highest BCUT2D eigenvalue weighted by Gasteiger charge is 2.47. The molecule has 0 aromatic heterocycles. The van der Waals surface area contributed by atoms with Crippen molar-refractivity contribution in [3.63, 3.8) is 0 Å². The standard InChI is InChI=1S/C12H20N2O6S/c1-2-20-12(17)10-4-3-7-13(10)21(18,19)14(8-11(15)16)9-5-6-9/h9-10H,2-8H2,1H3,(H,15,16). The van der Waals surface area contributed by atoms with Gasteiger partial charge in [0.25, 0.3) is 10.2 Å². The minimum Gasteiger partial charge on any atom is -0.480 e. The predicted molar refractivity (Wildman–Crippen MR) is 72.6 cm³/mol. The van der Waals surface area contributed by atoms with Crippen molar-refractivity contribution in [1.82, 2.24) is 8.61 Å². The highest BCUT2D eigenvalue weighted by Crippen LogP contribution is 2.33. The summed E-state index contributed by atoms with van der Waals surface area (Å²) in [4.78, 5) is 22.8. The molecular formula is C12H20N2O6S. The summed E-state index contributed by atoms with van der Waals surface area (Å²) in [5, 5.41) is 8.91. The van der Waals surface area contributed by atoms with Crippen LogP contribution in [0.2, 0.25) is 0 Å². The molecule has 0 spiro atoms. The number of aliphatic carboxylic acids is 1. The first-order valence-electron chi connectivity index (χ1n) is 7.05.